The van der Waals surface area contributed by atoms with Crippen molar-refractivity contribution < 1.29 is 9.53 Å². The van der Waals surface area contributed by atoms with Gasteiger partial charge in [0.2, 0.25) is 5.91 Å². The van der Waals surface area contributed by atoms with Crippen LogP contribution in [-0.2, 0) is 9.53 Å². The maximum absolute atomic E-state index is 12.0. The molecule has 5 heteroatoms. The Hall–Kier alpha value is -1.59. The van der Waals surface area contributed by atoms with E-state index in [1.165, 1.54) is 11.3 Å². The van der Waals surface area contributed by atoms with Gasteiger partial charge in [-0.3, -0.25) is 9.69 Å². The van der Waals surface area contributed by atoms with E-state index >= 15 is 0 Å². The van der Waals surface area contributed by atoms with Crippen molar-refractivity contribution in [3.8, 4) is 0 Å². The lowest BCUT2D eigenvalue weighted by atomic mass is 10.2. The van der Waals surface area contributed by atoms with Crippen molar-refractivity contribution in [2.24, 2.45) is 0 Å². The highest BCUT2D eigenvalue weighted by Crippen LogP contribution is 2.17. The highest BCUT2D eigenvalue weighted by atomic mass is 16.5. The molecule has 0 radical (unpaired) electrons. The van der Waals surface area contributed by atoms with E-state index in [0.717, 1.165) is 52.2 Å². The fourth-order valence-electron chi connectivity index (χ4n) is 3.44. The van der Waals surface area contributed by atoms with Gasteiger partial charge in [-0.25, -0.2) is 0 Å². The van der Waals surface area contributed by atoms with Crippen LogP contribution in [0.25, 0.3) is 0 Å². The van der Waals surface area contributed by atoms with Crippen molar-refractivity contribution in [2.45, 2.75) is 32.3 Å². The molecule has 1 atom stereocenters. The summed E-state index contributed by atoms with van der Waals surface area (Å²) in [5.74, 6) is 0.145. The highest BCUT2D eigenvalue weighted by molar-refractivity contribution is 5.76. The Morgan fingerprint density at radius 1 is 1.29 bits per heavy atom. The van der Waals surface area contributed by atoms with E-state index in [4.69, 9.17) is 4.74 Å². The van der Waals surface area contributed by atoms with Crippen LogP contribution >= 0.6 is 0 Å². The number of nitrogens with one attached hydrogen (secondary N) is 1. The average Bonchev–Trinajstić information content (AvgIpc) is 3.12. The number of anilines is 1. The fourth-order valence-corrected chi connectivity index (χ4v) is 3.44. The van der Waals surface area contributed by atoms with Crippen LogP contribution in [0, 0.1) is 6.92 Å². The second-order valence-corrected chi connectivity index (χ2v) is 6.86. The summed E-state index contributed by atoms with van der Waals surface area (Å²) in [6.07, 6.45) is 3.00. The summed E-state index contributed by atoms with van der Waals surface area (Å²) < 4.78 is 5.53. The highest BCUT2D eigenvalue weighted by Gasteiger charge is 2.19. The SMILES string of the molecule is Cc1cccc(N2CCN(CCC(=O)NC[C@H]3CCCO3)CC2)c1. The van der Waals surface area contributed by atoms with Crippen LogP contribution in [0.5, 0.6) is 0 Å². The largest absolute Gasteiger partial charge is 0.376 e. The van der Waals surface area contributed by atoms with Gasteiger partial charge in [0.1, 0.15) is 0 Å². The molecule has 5 nitrogen and oxygen atoms in total. The Morgan fingerprint density at radius 3 is 2.83 bits per heavy atom. The number of carbonyl (C=O) groups is 1. The predicted molar refractivity (Wildman–Crippen MR) is 96.4 cm³/mol. The number of amides is 1. The normalized spacial score (nSPS) is 21.9. The number of hydrogen-bond acceptors (Lipinski definition) is 4. The number of ether oxygens (including phenoxy) is 1. The lowest BCUT2D eigenvalue weighted by Gasteiger charge is -2.36. The van der Waals surface area contributed by atoms with Crippen LogP contribution in [0.4, 0.5) is 5.69 Å². The van der Waals surface area contributed by atoms with Crippen molar-refractivity contribution in [1.82, 2.24) is 10.2 Å². The van der Waals surface area contributed by atoms with Gasteiger partial charge >= 0.3 is 0 Å². The molecule has 132 valence electrons. The summed E-state index contributed by atoms with van der Waals surface area (Å²) >= 11 is 0. The molecule has 0 aliphatic carbocycles. The molecule has 2 heterocycles. The molecule has 1 amide bonds. The molecule has 0 bridgehead atoms. The van der Waals surface area contributed by atoms with Crippen LogP contribution in [0.3, 0.4) is 0 Å². The third-order valence-electron chi connectivity index (χ3n) is 4.95. The molecule has 2 saturated heterocycles. The first kappa shape index (κ1) is 17.2. The summed E-state index contributed by atoms with van der Waals surface area (Å²) in [6, 6.07) is 8.68. The van der Waals surface area contributed by atoms with E-state index in [0.29, 0.717) is 13.0 Å². The Balaban J connectivity index is 1.34. The molecule has 2 aliphatic heterocycles. The van der Waals surface area contributed by atoms with Crippen LogP contribution in [0.15, 0.2) is 24.3 Å². The summed E-state index contributed by atoms with van der Waals surface area (Å²) in [6.45, 7) is 8.58. The van der Waals surface area contributed by atoms with Crippen LogP contribution in [0.1, 0.15) is 24.8 Å². The molecule has 1 aromatic carbocycles. The number of aryl methyl sites for hydroxylation is 1. The fraction of sp³-hybridized carbons (Fsp3) is 0.632. The number of rotatable bonds is 6. The van der Waals surface area contributed by atoms with Gasteiger partial charge in [0.05, 0.1) is 6.10 Å². The minimum Gasteiger partial charge on any atom is -0.376 e. The molecule has 1 N–H and O–H groups in total. The van der Waals surface area contributed by atoms with E-state index in [1.807, 2.05) is 0 Å². The maximum atomic E-state index is 12.0. The van der Waals surface area contributed by atoms with Gasteiger partial charge in [-0.2, -0.15) is 0 Å². The van der Waals surface area contributed by atoms with Gasteiger partial charge in [-0.05, 0) is 37.5 Å². The lowest BCUT2D eigenvalue weighted by molar-refractivity contribution is -0.121. The van der Waals surface area contributed by atoms with E-state index in [-0.39, 0.29) is 12.0 Å². The third kappa shape index (κ3) is 4.95. The van der Waals surface area contributed by atoms with E-state index in [1.54, 1.807) is 0 Å². The molecule has 1 aromatic rings. The molecule has 3 rings (SSSR count). The number of nitrogens with zero attached hydrogens (tertiary/aromatic N) is 2. The van der Waals surface area contributed by atoms with Crippen LogP contribution in [-0.4, -0.2) is 62.8 Å². The molecule has 0 saturated carbocycles. The Kier molecular flexibility index (Phi) is 6.10. The summed E-state index contributed by atoms with van der Waals surface area (Å²) in [5.41, 5.74) is 2.61. The molecule has 2 aliphatic rings. The lowest BCUT2D eigenvalue weighted by Crippen LogP contribution is -2.47. The molecule has 0 aromatic heterocycles. The van der Waals surface area contributed by atoms with Gasteiger partial charge in [-0.15, -0.1) is 0 Å². The van der Waals surface area contributed by atoms with Crippen molar-refractivity contribution >= 4 is 11.6 Å². The van der Waals surface area contributed by atoms with Crippen molar-refractivity contribution in [3.05, 3.63) is 29.8 Å². The zero-order valence-electron chi connectivity index (χ0n) is 14.7. The molecule has 24 heavy (non-hydrogen) atoms. The summed E-state index contributed by atoms with van der Waals surface area (Å²) in [7, 11) is 0. The van der Waals surface area contributed by atoms with Gasteiger partial charge in [-0.1, -0.05) is 12.1 Å². The van der Waals surface area contributed by atoms with Gasteiger partial charge in [0.25, 0.3) is 0 Å². The second kappa shape index (κ2) is 8.49. The van der Waals surface area contributed by atoms with Crippen LogP contribution in [0.2, 0.25) is 0 Å². The number of carbonyl (C=O) groups excluding carboxylic acids is 1. The topological polar surface area (TPSA) is 44.8 Å². The Bertz CT molecular complexity index is 535. The van der Waals surface area contributed by atoms with Crippen molar-refractivity contribution in [2.75, 3.05) is 50.8 Å². The third-order valence-corrected chi connectivity index (χ3v) is 4.95. The van der Waals surface area contributed by atoms with Crippen molar-refractivity contribution in [3.63, 3.8) is 0 Å². The Morgan fingerprint density at radius 2 is 2.12 bits per heavy atom. The monoisotopic (exact) mass is 331 g/mol. The quantitative estimate of drug-likeness (QED) is 0.863. The number of piperazine rings is 1. The predicted octanol–water partition coefficient (Wildman–Crippen LogP) is 1.80. The van der Waals surface area contributed by atoms with E-state index in [9.17, 15) is 4.79 Å². The van der Waals surface area contributed by atoms with Crippen LogP contribution < -0.4 is 10.2 Å². The average molecular weight is 331 g/mol. The first-order valence-corrected chi connectivity index (χ1v) is 9.13. The summed E-state index contributed by atoms with van der Waals surface area (Å²) in [4.78, 5) is 16.8. The smallest absolute Gasteiger partial charge is 0.221 e. The maximum Gasteiger partial charge on any atom is 0.221 e. The molecular weight excluding hydrogens is 302 g/mol. The standard InChI is InChI=1S/C19H29N3O2/c1-16-4-2-5-17(14-16)22-11-9-21(10-12-22)8-7-19(23)20-15-18-6-3-13-24-18/h2,4-5,14,18H,3,6-13,15H2,1H3,(H,20,23)/t18-/m1/s1. The van der Waals surface area contributed by atoms with Gasteiger partial charge < -0.3 is 15.0 Å². The Labute approximate surface area is 145 Å². The second-order valence-electron chi connectivity index (χ2n) is 6.86. The summed E-state index contributed by atoms with van der Waals surface area (Å²) in [5, 5.41) is 3.00. The molecule has 0 unspecified atom stereocenters. The van der Waals surface area contributed by atoms with Gasteiger partial charge in [0, 0.05) is 58.0 Å². The first-order valence-electron chi connectivity index (χ1n) is 9.13. The number of benzene rings is 1. The minimum atomic E-state index is 0.145. The zero-order chi connectivity index (χ0) is 16.8. The van der Waals surface area contributed by atoms with E-state index in [2.05, 4.69) is 46.3 Å². The van der Waals surface area contributed by atoms with Crippen molar-refractivity contribution in [1.29, 1.82) is 0 Å². The van der Waals surface area contributed by atoms with E-state index < -0.39 is 0 Å². The molecule has 2 fully saturated rings. The first-order chi connectivity index (χ1) is 11.7. The molecular formula is C19H29N3O2. The molecule has 0 spiro atoms. The van der Waals surface area contributed by atoms with Gasteiger partial charge in [0.15, 0.2) is 0 Å². The number of hydrogen-bond donors (Lipinski definition) is 1. The minimum absolute atomic E-state index is 0.145. The zero-order valence-corrected chi connectivity index (χ0v) is 14.7.